The normalized spacial score (nSPS) is 9.56. The van der Waals surface area contributed by atoms with Gasteiger partial charge in [0.15, 0.2) is 0 Å². The van der Waals surface area contributed by atoms with E-state index in [9.17, 15) is 0 Å². The molecule has 0 aromatic heterocycles. The smallest absolute Gasteiger partial charge is 0.00255 e. The van der Waals surface area contributed by atoms with Crippen LogP contribution in [0.3, 0.4) is 0 Å². The third kappa shape index (κ3) is 21.3. The number of aryl methyl sites for hydroxylation is 3. The highest BCUT2D eigenvalue weighted by atomic mass is 14.5. The molecule has 0 amide bonds. The zero-order valence-electron chi connectivity index (χ0n) is 34.5. The van der Waals surface area contributed by atoms with Gasteiger partial charge in [-0.3, -0.25) is 0 Å². The predicted octanol–water partition coefficient (Wildman–Crippen LogP) is 15.4. The third-order valence-electron chi connectivity index (χ3n) is 8.49. The molecule has 0 aliphatic heterocycles. The van der Waals surface area contributed by atoms with E-state index in [2.05, 4.69) is 146 Å². The highest BCUT2D eigenvalue weighted by Gasteiger charge is 2.06. The van der Waals surface area contributed by atoms with Gasteiger partial charge in [-0.1, -0.05) is 221 Å². The largest absolute Gasteiger partial charge is 0.330 e. The summed E-state index contributed by atoms with van der Waals surface area (Å²) in [6, 6.07) is 32.3. The zero-order valence-corrected chi connectivity index (χ0v) is 34.5. The number of nitrogens with two attached hydrogens (primary N) is 1. The van der Waals surface area contributed by atoms with Crippen LogP contribution in [0.2, 0.25) is 0 Å². The summed E-state index contributed by atoms with van der Waals surface area (Å²) >= 11 is 0. The van der Waals surface area contributed by atoms with Crippen molar-refractivity contribution < 1.29 is 0 Å². The molecule has 0 atom stereocenters. The minimum atomic E-state index is 0.844. The molecule has 4 rings (SSSR count). The lowest BCUT2D eigenvalue weighted by Gasteiger charge is -2.11. The lowest BCUT2D eigenvalue weighted by molar-refractivity contribution is 0.602. The highest BCUT2D eigenvalue weighted by molar-refractivity contribution is 5.74. The van der Waals surface area contributed by atoms with Gasteiger partial charge in [-0.25, -0.2) is 0 Å². The summed E-state index contributed by atoms with van der Waals surface area (Å²) in [6.45, 7) is 29.6. The molecule has 4 aromatic carbocycles. The summed E-state index contributed by atoms with van der Waals surface area (Å²) in [5.41, 5.74) is 20.2. The van der Waals surface area contributed by atoms with Crippen molar-refractivity contribution in [3.63, 3.8) is 0 Å². The number of hydrogen-bond acceptors (Lipinski definition) is 1. The van der Waals surface area contributed by atoms with Crippen LogP contribution in [-0.2, 0) is 12.8 Å². The molecular weight excluding hydrogens is 627 g/mol. The maximum absolute atomic E-state index is 5.14. The van der Waals surface area contributed by atoms with E-state index >= 15 is 0 Å². The fourth-order valence-corrected chi connectivity index (χ4v) is 5.28. The van der Waals surface area contributed by atoms with Gasteiger partial charge in [0.1, 0.15) is 0 Å². The number of rotatable bonds is 15. The fraction of sp³-hybridized carbons (Fsp3) is 0.392. The molecule has 1 nitrogen and oxygen atoms in total. The van der Waals surface area contributed by atoms with E-state index in [1.54, 1.807) is 0 Å². The van der Waals surface area contributed by atoms with Crippen molar-refractivity contribution >= 4 is 17.7 Å². The molecule has 0 spiro atoms. The fourth-order valence-electron chi connectivity index (χ4n) is 5.28. The number of allylic oxidation sites excluding steroid dienone is 1. The SMILES string of the molecule is C=C=Cc1ccc(C)cc1.C=Cc1cc(C)ccc1C(=C)Cc1ccc(-c2ccc(CC)cc2)cc1.CC.CCCCCCCCC.CCCCN. The van der Waals surface area contributed by atoms with E-state index in [1.807, 2.05) is 38.1 Å². The van der Waals surface area contributed by atoms with Gasteiger partial charge in [-0.2, -0.15) is 0 Å². The van der Waals surface area contributed by atoms with Crippen LogP contribution < -0.4 is 5.73 Å². The predicted molar refractivity (Wildman–Crippen MR) is 239 cm³/mol. The van der Waals surface area contributed by atoms with Crippen molar-refractivity contribution in [2.24, 2.45) is 5.73 Å². The summed E-state index contributed by atoms with van der Waals surface area (Å²) in [5, 5.41) is 0. The molecule has 0 heterocycles. The lowest BCUT2D eigenvalue weighted by Crippen LogP contribution is -1.95. The molecule has 4 aromatic rings. The molecule has 0 bridgehead atoms. The topological polar surface area (TPSA) is 26.0 Å². The second kappa shape index (κ2) is 31.6. The Balaban J connectivity index is 0.000000819. The van der Waals surface area contributed by atoms with E-state index < -0.39 is 0 Å². The molecule has 0 aliphatic carbocycles. The quantitative estimate of drug-likeness (QED) is 0.0970. The van der Waals surface area contributed by atoms with Gasteiger partial charge in [0.05, 0.1) is 0 Å². The second-order valence-electron chi connectivity index (χ2n) is 13.0. The summed E-state index contributed by atoms with van der Waals surface area (Å²) in [4.78, 5) is 0. The van der Waals surface area contributed by atoms with Crippen LogP contribution in [0.25, 0.3) is 28.9 Å². The maximum Gasteiger partial charge on any atom is -0.00255 e. The molecule has 0 radical (unpaired) electrons. The zero-order chi connectivity index (χ0) is 39.0. The molecule has 1 heteroatoms. The van der Waals surface area contributed by atoms with Gasteiger partial charge < -0.3 is 5.73 Å². The molecule has 0 fully saturated rings. The van der Waals surface area contributed by atoms with Crippen LogP contribution in [0.4, 0.5) is 0 Å². The summed E-state index contributed by atoms with van der Waals surface area (Å²) in [5.74, 6) is 0. The summed E-state index contributed by atoms with van der Waals surface area (Å²) in [7, 11) is 0. The summed E-state index contributed by atoms with van der Waals surface area (Å²) in [6.07, 6.45) is 18.1. The minimum Gasteiger partial charge on any atom is -0.330 e. The van der Waals surface area contributed by atoms with Crippen molar-refractivity contribution in [2.45, 2.75) is 126 Å². The van der Waals surface area contributed by atoms with E-state index in [-0.39, 0.29) is 0 Å². The first kappa shape index (κ1) is 47.8. The molecule has 0 saturated heterocycles. The molecule has 0 saturated carbocycles. The first-order valence-electron chi connectivity index (χ1n) is 20.0. The highest BCUT2D eigenvalue weighted by Crippen LogP contribution is 2.26. The first-order chi connectivity index (χ1) is 25.3. The Labute approximate surface area is 321 Å². The molecule has 52 heavy (non-hydrogen) atoms. The average molecular weight is 700 g/mol. The van der Waals surface area contributed by atoms with Crippen LogP contribution in [-0.4, -0.2) is 6.54 Å². The lowest BCUT2D eigenvalue weighted by atomic mass is 9.93. The Morgan fingerprint density at radius 2 is 1.12 bits per heavy atom. The standard InChI is InChI=1S/C26H26.C10H10.C9H20.C4H11N.C2H6/c1-5-21-8-12-24(13-9-21)25-14-10-22(11-15-25)18-20(4)26-16-7-19(3)17-23(26)6-2;1-3-4-10-7-5-9(2)6-8-10;1-3-5-7-9-8-6-4-2;1-2-3-4-5;1-2/h6-17H,2,4-5,18H2,1,3H3;4-8H,1H2,2H3;3-9H2,1-2H3;2-5H2,1H3;1-2H3. The van der Waals surface area contributed by atoms with Crippen molar-refractivity contribution in [1.29, 1.82) is 0 Å². The van der Waals surface area contributed by atoms with Gasteiger partial charge in [0, 0.05) is 0 Å². The number of unbranched alkanes of at least 4 members (excludes halogenated alkanes) is 7. The van der Waals surface area contributed by atoms with Crippen molar-refractivity contribution in [3.8, 4) is 11.1 Å². The molecule has 0 aliphatic rings. The van der Waals surface area contributed by atoms with Crippen LogP contribution >= 0.6 is 0 Å². The average Bonchev–Trinajstić information content (AvgIpc) is 3.18. The third-order valence-corrected chi connectivity index (χ3v) is 8.49. The van der Waals surface area contributed by atoms with Crippen molar-refractivity contribution in [1.82, 2.24) is 0 Å². The van der Waals surface area contributed by atoms with E-state index in [1.165, 1.54) is 96.7 Å². The number of benzene rings is 4. The summed E-state index contributed by atoms with van der Waals surface area (Å²) < 4.78 is 0. The van der Waals surface area contributed by atoms with Crippen molar-refractivity contribution in [2.75, 3.05) is 6.54 Å². The molecular formula is C51H73N. The molecule has 2 N–H and O–H groups in total. The Kier molecular flexibility index (Phi) is 29.0. The van der Waals surface area contributed by atoms with E-state index in [4.69, 9.17) is 5.73 Å². The van der Waals surface area contributed by atoms with Crippen LogP contribution in [0.5, 0.6) is 0 Å². The van der Waals surface area contributed by atoms with Gasteiger partial charge >= 0.3 is 0 Å². The second-order valence-corrected chi connectivity index (χ2v) is 13.0. The molecule has 0 unspecified atom stereocenters. The number of hydrogen-bond donors (Lipinski definition) is 1. The van der Waals surface area contributed by atoms with Gasteiger partial charge in [0.25, 0.3) is 0 Å². The van der Waals surface area contributed by atoms with Crippen LogP contribution in [0, 0.1) is 13.8 Å². The van der Waals surface area contributed by atoms with Crippen molar-refractivity contribution in [3.05, 3.63) is 155 Å². The Morgan fingerprint density at radius 1 is 0.635 bits per heavy atom. The minimum absolute atomic E-state index is 0.844. The van der Waals surface area contributed by atoms with Gasteiger partial charge in [-0.05, 0) is 90.2 Å². The monoisotopic (exact) mass is 700 g/mol. The Bertz CT molecular complexity index is 1510. The van der Waals surface area contributed by atoms with Crippen LogP contribution in [0.15, 0.2) is 116 Å². The Morgan fingerprint density at radius 3 is 1.54 bits per heavy atom. The maximum atomic E-state index is 5.14. The first-order valence-corrected chi connectivity index (χ1v) is 20.0. The van der Waals surface area contributed by atoms with Crippen LogP contribution in [0.1, 0.15) is 138 Å². The van der Waals surface area contributed by atoms with E-state index in [0.717, 1.165) is 36.1 Å². The van der Waals surface area contributed by atoms with Gasteiger partial charge in [-0.15, -0.1) is 5.73 Å². The molecule has 282 valence electrons. The Hall–Kier alpha value is -4.16. The van der Waals surface area contributed by atoms with Gasteiger partial charge in [0.2, 0.25) is 0 Å². The van der Waals surface area contributed by atoms with E-state index in [0.29, 0.717) is 0 Å².